The van der Waals surface area contributed by atoms with Gasteiger partial charge in [0.15, 0.2) is 0 Å². The molecule has 1 aliphatic heterocycles. The van der Waals surface area contributed by atoms with E-state index < -0.39 is 0 Å². The van der Waals surface area contributed by atoms with Gasteiger partial charge in [0, 0.05) is 51.6 Å². The lowest BCUT2D eigenvalue weighted by molar-refractivity contribution is -0.135. The zero-order valence-electron chi connectivity index (χ0n) is 14.7. The minimum Gasteiger partial charge on any atom is -0.378 e. The van der Waals surface area contributed by atoms with E-state index in [1.54, 1.807) is 0 Å². The highest BCUT2D eigenvalue weighted by molar-refractivity contribution is 5.99. The van der Waals surface area contributed by atoms with E-state index in [4.69, 9.17) is 0 Å². The lowest BCUT2D eigenvalue weighted by Gasteiger charge is -2.32. The molecule has 1 saturated heterocycles. The predicted molar refractivity (Wildman–Crippen MR) is 95.1 cm³/mol. The van der Waals surface area contributed by atoms with Crippen LogP contribution in [-0.4, -0.2) is 68.9 Å². The number of rotatable bonds is 4. The fourth-order valence-electron chi connectivity index (χ4n) is 3.10. The molecule has 2 atom stereocenters. The highest BCUT2D eigenvalue weighted by Crippen LogP contribution is 2.41. The van der Waals surface area contributed by atoms with E-state index in [0.29, 0.717) is 6.42 Å². The summed E-state index contributed by atoms with van der Waals surface area (Å²) >= 11 is 0. The summed E-state index contributed by atoms with van der Waals surface area (Å²) in [6.07, 6.45) is 0.673. The first-order valence-electron chi connectivity index (χ1n) is 8.51. The topological polar surface area (TPSA) is 55.9 Å². The number of hydrogen-bond acceptors (Lipinski definition) is 4. The average Bonchev–Trinajstić information content (AvgIpc) is 3.36. The second-order valence-electron chi connectivity index (χ2n) is 7.01. The minimum atomic E-state index is -0.175. The van der Waals surface area contributed by atoms with Crippen LogP contribution in [0.2, 0.25) is 0 Å². The summed E-state index contributed by atoms with van der Waals surface area (Å²) < 4.78 is 0. The number of piperazine rings is 1. The first-order valence-corrected chi connectivity index (χ1v) is 8.51. The number of carbonyl (C=O) groups excluding carboxylic acids is 2. The predicted octanol–water partition coefficient (Wildman–Crippen LogP) is 1.10. The molecule has 2 unspecified atom stereocenters. The van der Waals surface area contributed by atoms with Crippen LogP contribution in [0.3, 0.4) is 0 Å². The fraction of sp³-hybridized carbons (Fsp3) is 0.556. The van der Waals surface area contributed by atoms with E-state index in [9.17, 15) is 9.59 Å². The number of anilines is 2. The van der Waals surface area contributed by atoms with E-state index in [1.165, 1.54) is 0 Å². The van der Waals surface area contributed by atoms with Gasteiger partial charge >= 0.3 is 0 Å². The van der Waals surface area contributed by atoms with E-state index in [0.717, 1.165) is 37.6 Å². The third-order valence-corrected chi connectivity index (χ3v) is 4.91. The maximum absolute atomic E-state index is 12.5. The van der Waals surface area contributed by atoms with Crippen molar-refractivity contribution in [2.24, 2.45) is 11.8 Å². The molecule has 2 fully saturated rings. The van der Waals surface area contributed by atoms with Crippen molar-refractivity contribution < 1.29 is 9.59 Å². The fourth-order valence-corrected chi connectivity index (χ4v) is 3.10. The molecule has 0 aromatic heterocycles. The molecule has 6 heteroatoms. The zero-order valence-corrected chi connectivity index (χ0v) is 14.7. The molecule has 6 nitrogen and oxygen atoms in total. The molecule has 1 heterocycles. The number of carbonyl (C=O) groups is 2. The Morgan fingerprint density at radius 1 is 1.04 bits per heavy atom. The van der Waals surface area contributed by atoms with E-state index in [2.05, 4.69) is 17.3 Å². The lowest BCUT2D eigenvalue weighted by atomic mass is 10.2. The van der Waals surface area contributed by atoms with Gasteiger partial charge in [-0.25, -0.2) is 0 Å². The monoisotopic (exact) mass is 330 g/mol. The van der Waals surface area contributed by atoms with Crippen LogP contribution in [0.25, 0.3) is 0 Å². The highest BCUT2D eigenvalue weighted by Gasteiger charge is 2.49. The molecule has 2 aliphatic rings. The van der Waals surface area contributed by atoms with Crippen LogP contribution in [0, 0.1) is 11.8 Å². The Morgan fingerprint density at radius 2 is 1.67 bits per heavy atom. The molecule has 0 bridgehead atoms. The Bertz CT molecular complexity index is 606. The Kier molecular flexibility index (Phi) is 4.76. The van der Waals surface area contributed by atoms with Gasteiger partial charge in [-0.3, -0.25) is 9.59 Å². The second-order valence-corrected chi connectivity index (χ2v) is 7.01. The molecule has 1 saturated carbocycles. The van der Waals surface area contributed by atoms with Crippen molar-refractivity contribution in [3.63, 3.8) is 0 Å². The normalized spacial score (nSPS) is 23.7. The van der Waals surface area contributed by atoms with E-state index in [1.807, 2.05) is 48.2 Å². The molecule has 3 rings (SSSR count). The van der Waals surface area contributed by atoms with Gasteiger partial charge in [0.2, 0.25) is 11.8 Å². The molecule has 24 heavy (non-hydrogen) atoms. The maximum atomic E-state index is 12.5. The van der Waals surface area contributed by atoms with Crippen LogP contribution >= 0.6 is 0 Å². The molecule has 1 aromatic rings. The second kappa shape index (κ2) is 6.81. The van der Waals surface area contributed by atoms with Gasteiger partial charge in [0.25, 0.3) is 0 Å². The third kappa shape index (κ3) is 3.70. The summed E-state index contributed by atoms with van der Waals surface area (Å²) in [6, 6.07) is 7.73. The van der Waals surface area contributed by atoms with Gasteiger partial charge in [-0.15, -0.1) is 0 Å². The molecule has 0 radical (unpaired) electrons. The number of amides is 2. The molecule has 1 aliphatic carbocycles. The van der Waals surface area contributed by atoms with Crippen LogP contribution in [0.15, 0.2) is 24.3 Å². The van der Waals surface area contributed by atoms with E-state index >= 15 is 0 Å². The summed E-state index contributed by atoms with van der Waals surface area (Å²) in [7, 11) is 6.02. The van der Waals surface area contributed by atoms with Gasteiger partial charge < -0.3 is 20.0 Å². The molecular formula is C18H26N4O2. The van der Waals surface area contributed by atoms with Crippen molar-refractivity contribution in [2.75, 3.05) is 57.5 Å². The van der Waals surface area contributed by atoms with Crippen LogP contribution in [0.4, 0.5) is 11.4 Å². The average molecular weight is 330 g/mol. The van der Waals surface area contributed by atoms with Crippen molar-refractivity contribution in [1.29, 1.82) is 0 Å². The summed E-state index contributed by atoms with van der Waals surface area (Å²) in [4.78, 5) is 31.0. The number of hydrogen-bond donors (Lipinski definition) is 1. The Hall–Kier alpha value is -2.08. The first kappa shape index (κ1) is 16.8. The minimum absolute atomic E-state index is 0.0416. The highest BCUT2D eigenvalue weighted by atomic mass is 16.2. The van der Waals surface area contributed by atoms with Crippen LogP contribution < -0.4 is 10.2 Å². The summed E-state index contributed by atoms with van der Waals surface area (Å²) in [5, 5.41) is 2.93. The third-order valence-electron chi connectivity index (χ3n) is 4.91. The summed E-state index contributed by atoms with van der Waals surface area (Å²) in [5.41, 5.74) is 1.87. The number of nitrogens with one attached hydrogen (secondary N) is 1. The lowest BCUT2D eigenvalue weighted by Crippen LogP contribution is -2.48. The van der Waals surface area contributed by atoms with Crippen LogP contribution in [0.5, 0.6) is 0 Å². The van der Waals surface area contributed by atoms with Crippen molar-refractivity contribution in [3.8, 4) is 0 Å². The smallest absolute Gasteiger partial charge is 0.228 e. The van der Waals surface area contributed by atoms with Crippen LogP contribution in [-0.2, 0) is 9.59 Å². The molecule has 1 aromatic carbocycles. The Balaban J connectivity index is 1.51. The zero-order chi connectivity index (χ0) is 17.3. The molecule has 2 amide bonds. The Labute approximate surface area is 143 Å². The van der Waals surface area contributed by atoms with Gasteiger partial charge in [0.1, 0.15) is 0 Å². The SMILES string of the molecule is CN1CCN(C(=O)C2CC2C(=O)Nc2ccc(N(C)C)cc2)CC1. The van der Waals surface area contributed by atoms with Crippen molar-refractivity contribution >= 4 is 23.2 Å². The number of likely N-dealkylation sites (N-methyl/N-ethyl adjacent to an activating group) is 1. The van der Waals surface area contributed by atoms with Crippen molar-refractivity contribution in [1.82, 2.24) is 9.80 Å². The molecule has 0 spiro atoms. The van der Waals surface area contributed by atoms with Gasteiger partial charge in [-0.2, -0.15) is 0 Å². The summed E-state index contributed by atoms with van der Waals surface area (Å²) in [5.74, 6) is -0.202. The largest absolute Gasteiger partial charge is 0.378 e. The quantitative estimate of drug-likeness (QED) is 0.898. The van der Waals surface area contributed by atoms with Crippen molar-refractivity contribution in [2.45, 2.75) is 6.42 Å². The molecule has 1 N–H and O–H groups in total. The Morgan fingerprint density at radius 3 is 2.25 bits per heavy atom. The van der Waals surface area contributed by atoms with Gasteiger partial charge in [-0.05, 0) is 37.7 Å². The van der Waals surface area contributed by atoms with Gasteiger partial charge in [0.05, 0.1) is 11.8 Å². The van der Waals surface area contributed by atoms with Crippen molar-refractivity contribution in [3.05, 3.63) is 24.3 Å². The van der Waals surface area contributed by atoms with E-state index in [-0.39, 0.29) is 23.7 Å². The molecular weight excluding hydrogens is 304 g/mol. The number of benzene rings is 1. The van der Waals surface area contributed by atoms with Gasteiger partial charge in [-0.1, -0.05) is 0 Å². The summed E-state index contributed by atoms with van der Waals surface area (Å²) in [6.45, 7) is 3.36. The number of nitrogens with zero attached hydrogens (tertiary/aromatic N) is 3. The van der Waals surface area contributed by atoms with Crippen LogP contribution in [0.1, 0.15) is 6.42 Å². The standard InChI is InChI=1S/C18H26N4O2/c1-20(2)14-6-4-13(5-7-14)19-17(23)15-12-16(15)18(24)22-10-8-21(3)9-11-22/h4-7,15-16H,8-12H2,1-3H3,(H,19,23). The first-order chi connectivity index (χ1) is 11.5. The molecule has 130 valence electrons. The maximum Gasteiger partial charge on any atom is 0.228 e.